The van der Waals surface area contributed by atoms with E-state index in [1.54, 1.807) is 6.07 Å². The maximum atomic E-state index is 12.0. The number of hydrogen-bond donors (Lipinski definition) is 3. The maximum absolute atomic E-state index is 12.0. The largest absolute Gasteiger partial charge is 0.363 e. The van der Waals surface area contributed by atoms with E-state index in [-0.39, 0.29) is 6.04 Å². The summed E-state index contributed by atoms with van der Waals surface area (Å²) in [5, 5.41) is 2.96. The highest BCUT2D eigenvalue weighted by Crippen LogP contribution is 2.12. The zero-order valence-electron chi connectivity index (χ0n) is 10.6. The molecule has 1 rings (SSSR count). The second kappa shape index (κ2) is 6.18. The van der Waals surface area contributed by atoms with Crippen LogP contribution in [-0.4, -0.2) is 26.5 Å². The predicted molar refractivity (Wildman–Crippen MR) is 68.2 cm³/mol. The van der Waals surface area contributed by atoms with E-state index in [0.717, 1.165) is 18.5 Å². The molecule has 0 spiro atoms. The lowest BCUT2D eigenvalue weighted by Crippen LogP contribution is -2.32. The summed E-state index contributed by atoms with van der Waals surface area (Å²) in [6, 6.07) is 1.62. The Morgan fingerprint density at radius 1 is 1.47 bits per heavy atom. The number of nitrogens with one attached hydrogen (secondary N) is 3. The fourth-order valence-electron chi connectivity index (χ4n) is 1.69. The van der Waals surface area contributed by atoms with Crippen LogP contribution in [-0.2, 0) is 16.6 Å². The molecule has 0 aliphatic heterocycles. The van der Waals surface area contributed by atoms with Crippen molar-refractivity contribution in [2.45, 2.75) is 44.2 Å². The average molecular weight is 259 g/mol. The van der Waals surface area contributed by atoms with Crippen LogP contribution in [0.1, 0.15) is 32.4 Å². The molecule has 0 bridgehead atoms. The van der Waals surface area contributed by atoms with Crippen LogP contribution in [0.3, 0.4) is 0 Å². The van der Waals surface area contributed by atoms with Crippen LogP contribution < -0.4 is 10.0 Å². The highest BCUT2D eigenvalue weighted by molar-refractivity contribution is 7.89. The van der Waals surface area contributed by atoms with Gasteiger partial charge in [-0.1, -0.05) is 13.3 Å². The second-order valence-corrected chi connectivity index (χ2v) is 5.92. The number of sulfonamides is 1. The summed E-state index contributed by atoms with van der Waals surface area (Å²) in [5.74, 6) is 0. The molecule has 0 amide bonds. The van der Waals surface area contributed by atoms with Gasteiger partial charge in [0.05, 0.1) is 4.90 Å². The quantitative estimate of drug-likeness (QED) is 0.689. The zero-order chi connectivity index (χ0) is 12.9. The first-order chi connectivity index (χ1) is 7.99. The van der Waals surface area contributed by atoms with Gasteiger partial charge >= 0.3 is 0 Å². The van der Waals surface area contributed by atoms with E-state index in [1.807, 2.05) is 20.9 Å². The first-order valence-electron chi connectivity index (χ1n) is 5.83. The van der Waals surface area contributed by atoms with E-state index in [0.29, 0.717) is 11.4 Å². The van der Waals surface area contributed by atoms with Gasteiger partial charge in [0, 0.05) is 24.5 Å². The van der Waals surface area contributed by atoms with E-state index < -0.39 is 10.0 Å². The molecule has 98 valence electrons. The SMILES string of the molecule is CCCC(C)NS(=O)(=O)c1c[nH]c(CNC)c1. The Bertz CT molecular complexity index is 439. The van der Waals surface area contributed by atoms with Crippen molar-refractivity contribution < 1.29 is 8.42 Å². The summed E-state index contributed by atoms with van der Waals surface area (Å²) >= 11 is 0. The Morgan fingerprint density at radius 3 is 2.76 bits per heavy atom. The highest BCUT2D eigenvalue weighted by atomic mass is 32.2. The van der Waals surface area contributed by atoms with Crippen molar-refractivity contribution in [1.29, 1.82) is 0 Å². The first kappa shape index (κ1) is 14.2. The first-order valence-corrected chi connectivity index (χ1v) is 7.32. The predicted octanol–water partition coefficient (Wildman–Crippen LogP) is 1.20. The molecule has 1 unspecified atom stereocenters. The van der Waals surface area contributed by atoms with Gasteiger partial charge in [-0.25, -0.2) is 13.1 Å². The molecular formula is C11H21N3O2S. The summed E-state index contributed by atoms with van der Waals surface area (Å²) in [6.07, 6.45) is 3.32. The van der Waals surface area contributed by atoms with Gasteiger partial charge in [-0.3, -0.25) is 0 Å². The molecule has 0 fully saturated rings. The van der Waals surface area contributed by atoms with Gasteiger partial charge in [0.2, 0.25) is 10.0 Å². The van der Waals surface area contributed by atoms with Crippen molar-refractivity contribution >= 4 is 10.0 Å². The smallest absolute Gasteiger partial charge is 0.242 e. The van der Waals surface area contributed by atoms with E-state index in [9.17, 15) is 8.42 Å². The van der Waals surface area contributed by atoms with Gasteiger partial charge in [-0.15, -0.1) is 0 Å². The van der Waals surface area contributed by atoms with Crippen molar-refractivity contribution in [2.24, 2.45) is 0 Å². The Labute approximate surface area is 103 Å². The van der Waals surface area contributed by atoms with Crippen LogP contribution in [0.5, 0.6) is 0 Å². The van der Waals surface area contributed by atoms with Crippen LogP contribution in [0.4, 0.5) is 0 Å². The fraction of sp³-hybridized carbons (Fsp3) is 0.636. The lowest BCUT2D eigenvalue weighted by molar-refractivity contribution is 0.544. The van der Waals surface area contributed by atoms with Crippen LogP contribution in [0.15, 0.2) is 17.2 Å². The third-order valence-electron chi connectivity index (χ3n) is 2.47. The van der Waals surface area contributed by atoms with Crippen LogP contribution in [0.2, 0.25) is 0 Å². The monoisotopic (exact) mass is 259 g/mol. The molecule has 0 aliphatic carbocycles. The standard InChI is InChI=1S/C11H21N3O2S/c1-4-5-9(2)14-17(15,16)11-6-10(7-12-3)13-8-11/h6,8-9,12-14H,4-5,7H2,1-3H3. The normalized spacial score (nSPS) is 13.8. The van der Waals surface area contributed by atoms with Crippen molar-refractivity contribution in [1.82, 2.24) is 15.0 Å². The van der Waals surface area contributed by atoms with E-state index in [1.165, 1.54) is 6.20 Å². The summed E-state index contributed by atoms with van der Waals surface area (Å²) in [4.78, 5) is 3.23. The molecule has 1 heterocycles. The van der Waals surface area contributed by atoms with Crippen molar-refractivity contribution in [2.75, 3.05) is 7.05 Å². The van der Waals surface area contributed by atoms with Gasteiger partial charge in [-0.2, -0.15) is 0 Å². The van der Waals surface area contributed by atoms with E-state index in [2.05, 4.69) is 15.0 Å². The summed E-state index contributed by atoms with van der Waals surface area (Å²) in [5.41, 5.74) is 0.857. The molecule has 17 heavy (non-hydrogen) atoms. The molecular weight excluding hydrogens is 238 g/mol. The Kier molecular flexibility index (Phi) is 5.17. The molecule has 1 aromatic rings. The molecule has 0 aromatic carbocycles. The molecule has 0 saturated heterocycles. The minimum Gasteiger partial charge on any atom is -0.363 e. The lowest BCUT2D eigenvalue weighted by atomic mass is 10.2. The number of rotatable bonds is 7. The second-order valence-electron chi connectivity index (χ2n) is 4.20. The molecule has 3 N–H and O–H groups in total. The Balaban J connectivity index is 2.75. The third kappa shape index (κ3) is 4.14. The van der Waals surface area contributed by atoms with Gasteiger partial charge in [0.15, 0.2) is 0 Å². The van der Waals surface area contributed by atoms with Gasteiger partial charge in [-0.05, 0) is 26.5 Å². The van der Waals surface area contributed by atoms with E-state index in [4.69, 9.17) is 0 Å². The van der Waals surface area contributed by atoms with Crippen molar-refractivity contribution in [3.8, 4) is 0 Å². The van der Waals surface area contributed by atoms with Gasteiger partial charge in [0.1, 0.15) is 0 Å². The van der Waals surface area contributed by atoms with Crippen LogP contribution in [0.25, 0.3) is 0 Å². The minimum atomic E-state index is -3.39. The number of H-pyrrole nitrogens is 1. The van der Waals surface area contributed by atoms with Crippen LogP contribution >= 0.6 is 0 Å². The summed E-state index contributed by atoms with van der Waals surface area (Å²) in [6.45, 7) is 4.54. The van der Waals surface area contributed by atoms with Gasteiger partial charge in [0.25, 0.3) is 0 Å². The topological polar surface area (TPSA) is 74.0 Å². The summed E-state index contributed by atoms with van der Waals surface area (Å²) in [7, 11) is -1.57. The molecule has 5 nitrogen and oxygen atoms in total. The maximum Gasteiger partial charge on any atom is 0.242 e. The van der Waals surface area contributed by atoms with Crippen molar-refractivity contribution in [3.05, 3.63) is 18.0 Å². The molecule has 1 atom stereocenters. The number of hydrogen-bond acceptors (Lipinski definition) is 3. The highest BCUT2D eigenvalue weighted by Gasteiger charge is 2.18. The van der Waals surface area contributed by atoms with Crippen LogP contribution in [0, 0.1) is 0 Å². The lowest BCUT2D eigenvalue weighted by Gasteiger charge is -2.11. The molecule has 1 aromatic heterocycles. The Hall–Kier alpha value is -0.850. The molecule has 0 radical (unpaired) electrons. The van der Waals surface area contributed by atoms with Crippen molar-refractivity contribution in [3.63, 3.8) is 0 Å². The average Bonchev–Trinajstić information content (AvgIpc) is 2.67. The number of aromatic amines is 1. The minimum absolute atomic E-state index is 0.0346. The number of aromatic nitrogens is 1. The Morgan fingerprint density at radius 2 is 2.18 bits per heavy atom. The van der Waals surface area contributed by atoms with Gasteiger partial charge < -0.3 is 10.3 Å². The molecule has 0 aliphatic rings. The van der Waals surface area contributed by atoms with E-state index >= 15 is 0 Å². The third-order valence-corrected chi connectivity index (χ3v) is 4.04. The summed E-state index contributed by atoms with van der Waals surface area (Å²) < 4.78 is 26.6. The molecule has 0 saturated carbocycles. The fourth-order valence-corrected chi connectivity index (χ4v) is 2.99. The zero-order valence-corrected chi connectivity index (χ0v) is 11.4. The molecule has 6 heteroatoms.